The summed E-state index contributed by atoms with van der Waals surface area (Å²) in [5, 5.41) is 5.62. The molecule has 0 fully saturated rings. The Morgan fingerprint density at radius 2 is 1.88 bits per heavy atom. The molecule has 4 aromatic rings. The third kappa shape index (κ3) is 6.09. The van der Waals surface area contributed by atoms with E-state index in [1.165, 1.54) is 6.21 Å². The van der Waals surface area contributed by atoms with Gasteiger partial charge in [-0.25, -0.2) is 5.43 Å². The molecule has 1 heterocycles. The number of halogens is 2. The van der Waals surface area contributed by atoms with Gasteiger partial charge in [-0.2, -0.15) is 5.10 Å². The van der Waals surface area contributed by atoms with Crippen LogP contribution in [-0.4, -0.2) is 23.7 Å². The predicted molar refractivity (Wildman–Crippen MR) is 133 cm³/mol. The number of aromatic nitrogens is 1. The molecule has 0 bridgehead atoms. The van der Waals surface area contributed by atoms with Crippen molar-refractivity contribution in [1.29, 1.82) is 0 Å². The second kappa shape index (κ2) is 10.9. The Balaban J connectivity index is 1.37. The summed E-state index contributed by atoms with van der Waals surface area (Å²) in [6.07, 6.45) is 3.20. The van der Waals surface area contributed by atoms with E-state index in [9.17, 15) is 4.79 Å². The van der Waals surface area contributed by atoms with E-state index >= 15 is 0 Å². The number of hydrogen-bond acceptors (Lipinski definition) is 5. The Morgan fingerprint density at radius 1 is 1.03 bits per heavy atom. The minimum absolute atomic E-state index is 0.193. The fraction of sp³-hybridized carbons (Fsp3) is 0.0800. The van der Waals surface area contributed by atoms with E-state index in [4.69, 9.17) is 21.1 Å². The summed E-state index contributed by atoms with van der Waals surface area (Å²) in [6.45, 7) is 0.114. The molecule has 0 radical (unpaired) electrons. The van der Waals surface area contributed by atoms with Crippen LogP contribution in [0.2, 0.25) is 5.02 Å². The van der Waals surface area contributed by atoms with Crippen molar-refractivity contribution in [2.45, 2.75) is 6.61 Å². The molecule has 33 heavy (non-hydrogen) atoms. The largest absolute Gasteiger partial charge is 0.488 e. The maximum atomic E-state index is 12.2. The van der Waals surface area contributed by atoms with Gasteiger partial charge in [0.15, 0.2) is 6.61 Å². The third-order valence-electron chi connectivity index (χ3n) is 4.66. The lowest BCUT2D eigenvalue weighted by Crippen LogP contribution is -2.24. The summed E-state index contributed by atoms with van der Waals surface area (Å²) >= 11 is 9.65. The first-order valence-corrected chi connectivity index (χ1v) is 11.2. The van der Waals surface area contributed by atoms with Crippen LogP contribution in [0.4, 0.5) is 0 Å². The lowest BCUT2D eigenvalue weighted by molar-refractivity contribution is -0.123. The van der Waals surface area contributed by atoms with Crippen LogP contribution in [0.15, 0.2) is 88.6 Å². The normalized spacial score (nSPS) is 11.0. The fourth-order valence-corrected chi connectivity index (χ4v) is 3.63. The number of para-hydroxylation sites is 1. The van der Waals surface area contributed by atoms with Crippen LogP contribution >= 0.6 is 27.5 Å². The molecule has 0 saturated heterocycles. The van der Waals surface area contributed by atoms with Gasteiger partial charge < -0.3 is 9.47 Å². The zero-order valence-corrected chi connectivity index (χ0v) is 19.7. The van der Waals surface area contributed by atoms with Crippen molar-refractivity contribution in [3.63, 3.8) is 0 Å². The molecular formula is C25H19BrClN3O3. The molecule has 0 aliphatic rings. The quantitative estimate of drug-likeness (QED) is 0.235. The number of nitrogens with zero attached hydrogens (tertiary/aromatic N) is 2. The van der Waals surface area contributed by atoms with Gasteiger partial charge in [0, 0.05) is 32.2 Å². The van der Waals surface area contributed by atoms with Crippen LogP contribution in [0.1, 0.15) is 11.1 Å². The number of hydrazone groups is 1. The number of benzene rings is 3. The van der Waals surface area contributed by atoms with E-state index in [0.717, 1.165) is 15.4 Å². The molecule has 3 aromatic carbocycles. The van der Waals surface area contributed by atoms with Crippen molar-refractivity contribution in [2.24, 2.45) is 5.10 Å². The van der Waals surface area contributed by atoms with Crippen molar-refractivity contribution in [3.05, 3.63) is 99.6 Å². The molecule has 166 valence electrons. The number of pyridine rings is 1. The molecule has 1 amide bonds. The van der Waals surface area contributed by atoms with Gasteiger partial charge in [0.1, 0.15) is 23.6 Å². The SMILES string of the molecule is O=C(COc1cccc2cccnc12)N/N=C/c1cc(Br)ccc1OCc1ccccc1Cl. The molecule has 0 aliphatic carbocycles. The maximum absolute atomic E-state index is 12.2. The van der Waals surface area contributed by atoms with E-state index in [1.807, 2.05) is 66.7 Å². The molecule has 0 saturated carbocycles. The summed E-state index contributed by atoms with van der Waals surface area (Å²) < 4.78 is 12.4. The molecule has 1 N–H and O–H groups in total. The van der Waals surface area contributed by atoms with Gasteiger partial charge in [0.05, 0.1) is 6.21 Å². The van der Waals surface area contributed by atoms with E-state index in [2.05, 4.69) is 31.4 Å². The highest BCUT2D eigenvalue weighted by Crippen LogP contribution is 2.25. The van der Waals surface area contributed by atoms with Crippen molar-refractivity contribution < 1.29 is 14.3 Å². The van der Waals surface area contributed by atoms with E-state index in [0.29, 0.717) is 34.2 Å². The molecule has 6 nitrogen and oxygen atoms in total. The van der Waals surface area contributed by atoms with Crippen LogP contribution in [0, 0.1) is 0 Å². The topological polar surface area (TPSA) is 72.8 Å². The molecule has 0 unspecified atom stereocenters. The first-order chi connectivity index (χ1) is 16.1. The van der Waals surface area contributed by atoms with Gasteiger partial charge in [-0.3, -0.25) is 9.78 Å². The first kappa shape index (κ1) is 22.8. The fourth-order valence-electron chi connectivity index (χ4n) is 3.06. The molecule has 4 rings (SSSR count). The van der Waals surface area contributed by atoms with Gasteiger partial charge in [0.2, 0.25) is 0 Å². The first-order valence-electron chi connectivity index (χ1n) is 10.0. The van der Waals surface area contributed by atoms with Gasteiger partial charge in [-0.15, -0.1) is 0 Å². The second-order valence-electron chi connectivity index (χ2n) is 6.98. The number of nitrogens with one attached hydrogen (secondary N) is 1. The average Bonchev–Trinajstić information content (AvgIpc) is 2.83. The Bertz CT molecular complexity index is 1310. The number of carbonyl (C=O) groups excluding carboxylic acids is 1. The van der Waals surface area contributed by atoms with Gasteiger partial charge in [-0.05, 0) is 36.4 Å². The lowest BCUT2D eigenvalue weighted by atomic mass is 10.2. The predicted octanol–water partition coefficient (Wildman–Crippen LogP) is 5.76. The van der Waals surface area contributed by atoms with Crippen LogP contribution in [-0.2, 0) is 11.4 Å². The number of amides is 1. The van der Waals surface area contributed by atoms with E-state index < -0.39 is 5.91 Å². The molecular weight excluding hydrogens is 506 g/mol. The number of carbonyl (C=O) groups is 1. The van der Waals surface area contributed by atoms with Gasteiger partial charge in [-0.1, -0.05) is 63.9 Å². The average molecular weight is 525 g/mol. The Labute approximate surface area is 204 Å². The van der Waals surface area contributed by atoms with E-state index in [-0.39, 0.29) is 6.61 Å². The van der Waals surface area contributed by atoms with Gasteiger partial charge >= 0.3 is 0 Å². The zero-order valence-electron chi connectivity index (χ0n) is 17.4. The minimum atomic E-state index is -0.396. The summed E-state index contributed by atoms with van der Waals surface area (Å²) in [5.41, 5.74) is 4.74. The third-order valence-corrected chi connectivity index (χ3v) is 5.52. The monoisotopic (exact) mass is 523 g/mol. The summed E-state index contributed by atoms with van der Waals surface area (Å²) in [7, 11) is 0. The standard InChI is InChI=1S/C25H19BrClN3O3/c26-20-10-11-22(32-15-18-5-1-2-8-21(18)27)19(13-20)14-29-30-24(31)16-33-23-9-3-6-17-7-4-12-28-25(17)23/h1-14H,15-16H2,(H,30,31)/b29-14+. The highest BCUT2D eigenvalue weighted by Gasteiger charge is 2.08. The van der Waals surface area contributed by atoms with E-state index in [1.54, 1.807) is 12.3 Å². The van der Waals surface area contributed by atoms with Gasteiger partial charge in [0.25, 0.3) is 5.91 Å². The van der Waals surface area contributed by atoms with Crippen LogP contribution in [0.3, 0.4) is 0 Å². The zero-order chi connectivity index (χ0) is 23.0. The summed E-state index contributed by atoms with van der Waals surface area (Å²) in [5.74, 6) is 0.747. The minimum Gasteiger partial charge on any atom is -0.488 e. The number of fused-ring (bicyclic) bond motifs is 1. The molecule has 0 spiro atoms. The molecule has 0 aliphatic heterocycles. The molecule has 8 heteroatoms. The maximum Gasteiger partial charge on any atom is 0.277 e. The molecule has 0 atom stereocenters. The number of hydrogen-bond donors (Lipinski definition) is 1. The number of rotatable bonds is 8. The summed E-state index contributed by atoms with van der Waals surface area (Å²) in [6, 6.07) is 22.4. The van der Waals surface area contributed by atoms with Crippen LogP contribution in [0.5, 0.6) is 11.5 Å². The van der Waals surface area contributed by atoms with Crippen molar-refractivity contribution in [2.75, 3.05) is 6.61 Å². The van der Waals surface area contributed by atoms with Crippen molar-refractivity contribution in [1.82, 2.24) is 10.4 Å². The smallest absolute Gasteiger partial charge is 0.277 e. The Morgan fingerprint density at radius 3 is 2.76 bits per heavy atom. The Kier molecular flexibility index (Phi) is 7.55. The highest BCUT2D eigenvalue weighted by atomic mass is 79.9. The van der Waals surface area contributed by atoms with Crippen molar-refractivity contribution in [3.8, 4) is 11.5 Å². The van der Waals surface area contributed by atoms with Crippen LogP contribution in [0.25, 0.3) is 10.9 Å². The lowest BCUT2D eigenvalue weighted by Gasteiger charge is -2.11. The summed E-state index contributed by atoms with van der Waals surface area (Å²) in [4.78, 5) is 16.5. The van der Waals surface area contributed by atoms with Crippen molar-refractivity contribution >= 4 is 50.6 Å². The number of ether oxygens (including phenoxy) is 2. The second-order valence-corrected chi connectivity index (χ2v) is 8.30. The molecule has 1 aromatic heterocycles. The highest BCUT2D eigenvalue weighted by molar-refractivity contribution is 9.10. The van der Waals surface area contributed by atoms with Crippen LogP contribution < -0.4 is 14.9 Å². The Hall–Kier alpha value is -3.42.